The zero-order valence-corrected chi connectivity index (χ0v) is 15.3. The lowest BCUT2D eigenvalue weighted by Gasteiger charge is -2.31. The van der Waals surface area contributed by atoms with Crippen molar-refractivity contribution in [3.63, 3.8) is 0 Å². The Morgan fingerprint density at radius 1 is 0.960 bits per heavy atom. The second kappa shape index (κ2) is 7.83. The molecular weight excluding hydrogens is 348 g/mol. The molecule has 0 N–H and O–H groups in total. The van der Waals surface area contributed by atoms with E-state index in [1.54, 1.807) is 0 Å². The van der Waals surface area contributed by atoms with Crippen LogP contribution in [0, 0.1) is 0 Å². The first kappa shape index (κ1) is 19.2. The Hall–Kier alpha value is -2.13. The van der Waals surface area contributed by atoms with Crippen LogP contribution in [-0.2, 0) is 19.7 Å². The molecule has 1 aromatic carbocycles. The normalized spacial score (nSPS) is 15.5. The summed E-state index contributed by atoms with van der Waals surface area (Å²) < 4.78 is 37.4. The minimum Gasteiger partial charge on any atom is -0.465 e. The number of carbonyl (C=O) groups is 2. The van der Waals surface area contributed by atoms with Crippen LogP contribution in [0.15, 0.2) is 18.2 Å². The molecule has 0 atom stereocenters. The standard InChI is InChI=1S/C16H22N2O6S/c1-17(25(21,22)18-7-5-4-6-8-18)14-10-12(15(19)23-2)9-13(11-14)16(20)24-3/h9-11H,4-8H2,1-3H3. The van der Waals surface area contributed by atoms with E-state index in [0.717, 1.165) is 23.6 Å². The molecule has 0 bridgehead atoms. The Bertz CT molecular complexity index is 722. The van der Waals surface area contributed by atoms with Gasteiger partial charge in [-0.2, -0.15) is 12.7 Å². The predicted molar refractivity (Wildman–Crippen MR) is 91.9 cm³/mol. The van der Waals surface area contributed by atoms with Gasteiger partial charge in [-0.25, -0.2) is 9.59 Å². The number of rotatable bonds is 5. The number of hydrogen-bond acceptors (Lipinski definition) is 6. The lowest BCUT2D eigenvalue weighted by molar-refractivity contribution is 0.0599. The van der Waals surface area contributed by atoms with E-state index in [0.29, 0.717) is 13.1 Å². The Kier molecular flexibility index (Phi) is 6.02. The highest BCUT2D eigenvalue weighted by molar-refractivity contribution is 7.90. The summed E-state index contributed by atoms with van der Waals surface area (Å²) in [6.07, 6.45) is 2.62. The molecule has 0 unspecified atom stereocenters. The number of esters is 2. The van der Waals surface area contributed by atoms with Crippen molar-refractivity contribution in [1.29, 1.82) is 0 Å². The quantitative estimate of drug-likeness (QED) is 0.728. The highest BCUT2D eigenvalue weighted by atomic mass is 32.2. The lowest BCUT2D eigenvalue weighted by atomic mass is 10.1. The van der Waals surface area contributed by atoms with Gasteiger partial charge in [-0.15, -0.1) is 0 Å². The van der Waals surface area contributed by atoms with Crippen molar-refractivity contribution < 1.29 is 27.5 Å². The zero-order valence-electron chi connectivity index (χ0n) is 14.5. The monoisotopic (exact) mass is 370 g/mol. The summed E-state index contributed by atoms with van der Waals surface area (Å²) >= 11 is 0. The molecule has 9 heteroatoms. The van der Waals surface area contributed by atoms with E-state index in [-0.39, 0.29) is 16.8 Å². The fourth-order valence-electron chi connectivity index (χ4n) is 2.67. The summed E-state index contributed by atoms with van der Waals surface area (Å²) in [5.41, 5.74) is 0.330. The maximum Gasteiger partial charge on any atom is 0.337 e. The fourth-order valence-corrected chi connectivity index (χ4v) is 4.10. The van der Waals surface area contributed by atoms with E-state index in [1.807, 2.05) is 0 Å². The molecule has 0 saturated carbocycles. The van der Waals surface area contributed by atoms with Gasteiger partial charge in [0.15, 0.2) is 0 Å². The average molecular weight is 370 g/mol. The average Bonchev–Trinajstić information content (AvgIpc) is 2.66. The summed E-state index contributed by atoms with van der Waals surface area (Å²) in [5.74, 6) is -1.34. The predicted octanol–water partition coefficient (Wildman–Crippen LogP) is 1.43. The maximum atomic E-state index is 12.8. The van der Waals surface area contributed by atoms with E-state index < -0.39 is 22.1 Å². The van der Waals surface area contributed by atoms with Gasteiger partial charge < -0.3 is 9.47 Å². The molecule has 1 heterocycles. The van der Waals surface area contributed by atoms with E-state index >= 15 is 0 Å². The molecule has 1 aliphatic heterocycles. The van der Waals surface area contributed by atoms with Gasteiger partial charge in [0.05, 0.1) is 31.0 Å². The molecule has 25 heavy (non-hydrogen) atoms. The molecule has 0 aromatic heterocycles. The molecule has 0 aliphatic carbocycles. The lowest BCUT2D eigenvalue weighted by Crippen LogP contribution is -2.44. The largest absolute Gasteiger partial charge is 0.465 e. The van der Waals surface area contributed by atoms with Gasteiger partial charge in [0, 0.05) is 20.1 Å². The highest BCUT2D eigenvalue weighted by Gasteiger charge is 2.29. The van der Waals surface area contributed by atoms with Gasteiger partial charge in [-0.1, -0.05) is 6.42 Å². The Morgan fingerprint density at radius 2 is 1.44 bits per heavy atom. The van der Waals surface area contributed by atoms with Crippen LogP contribution in [0.4, 0.5) is 5.69 Å². The van der Waals surface area contributed by atoms with Crippen molar-refractivity contribution in [3.05, 3.63) is 29.3 Å². The van der Waals surface area contributed by atoms with Gasteiger partial charge in [0.2, 0.25) is 0 Å². The van der Waals surface area contributed by atoms with Crippen LogP contribution in [-0.4, -0.2) is 59.0 Å². The van der Waals surface area contributed by atoms with Crippen molar-refractivity contribution in [2.45, 2.75) is 19.3 Å². The van der Waals surface area contributed by atoms with E-state index in [9.17, 15) is 18.0 Å². The smallest absolute Gasteiger partial charge is 0.337 e. The van der Waals surface area contributed by atoms with Gasteiger partial charge in [-0.3, -0.25) is 4.31 Å². The minimum atomic E-state index is -3.75. The van der Waals surface area contributed by atoms with Crippen LogP contribution < -0.4 is 4.31 Å². The third kappa shape index (κ3) is 4.10. The number of nitrogens with zero attached hydrogens (tertiary/aromatic N) is 2. The van der Waals surface area contributed by atoms with E-state index in [1.165, 1.54) is 43.8 Å². The van der Waals surface area contributed by atoms with Gasteiger partial charge in [0.1, 0.15) is 0 Å². The topological polar surface area (TPSA) is 93.2 Å². The van der Waals surface area contributed by atoms with Crippen LogP contribution in [0.3, 0.4) is 0 Å². The molecule has 1 saturated heterocycles. The Labute approximate surface area is 147 Å². The fraction of sp³-hybridized carbons (Fsp3) is 0.500. The molecule has 8 nitrogen and oxygen atoms in total. The number of hydrogen-bond donors (Lipinski definition) is 0. The van der Waals surface area contributed by atoms with Crippen LogP contribution in [0.25, 0.3) is 0 Å². The maximum absolute atomic E-state index is 12.8. The first-order valence-electron chi connectivity index (χ1n) is 7.87. The third-order valence-electron chi connectivity index (χ3n) is 4.11. The highest BCUT2D eigenvalue weighted by Crippen LogP contribution is 2.25. The Morgan fingerprint density at radius 3 is 1.88 bits per heavy atom. The number of ether oxygens (including phenoxy) is 2. The van der Waals surface area contributed by atoms with Gasteiger partial charge in [0.25, 0.3) is 0 Å². The summed E-state index contributed by atoms with van der Waals surface area (Å²) in [5, 5.41) is 0. The van der Waals surface area contributed by atoms with Crippen LogP contribution in [0.1, 0.15) is 40.0 Å². The van der Waals surface area contributed by atoms with Crippen LogP contribution in [0.5, 0.6) is 0 Å². The molecule has 2 rings (SSSR count). The summed E-state index contributed by atoms with van der Waals surface area (Å²) in [7, 11) is 0.0579. The third-order valence-corrected chi connectivity index (χ3v) is 6.03. The summed E-state index contributed by atoms with van der Waals surface area (Å²) in [6.45, 7) is 0.903. The summed E-state index contributed by atoms with van der Waals surface area (Å²) in [4.78, 5) is 23.7. The zero-order chi connectivity index (χ0) is 18.6. The van der Waals surface area contributed by atoms with Crippen molar-refractivity contribution in [3.8, 4) is 0 Å². The SMILES string of the molecule is COC(=O)c1cc(C(=O)OC)cc(N(C)S(=O)(=O)N2CCCCC2)c1. The molecule has 0 amide bonds. The van der Waals surface area contributed by atoms with E-state index in [2.05, 4.69) is 9.47 Å². The molecule has 0 radical (unpaired) electrons. The summed E-state index contributed by atoms with van der Waals surface area (Å²) in [6, 6.07) is 4.06. The van der Waals surface area contributed by atoms with Crippen molar-refractivity contribution in [2.24, 2.45) is 0 Å². The minimum absolute atomic E-state index is 0.0705. The van der Waals surface area contributed by atoms with E-state index in [4.69, 9.17) is 0 Å². The van der Waals surface area contributed by atoms with Crippen molar-refractivity contribution >= 4 is 27.8 Å². The van der Waals surface area contributed by atoms with Gasteiger partial charge in [-0.05, 0) is 31.0 Å². The molecule has 1 fully saturated rings. The number of benzene rings is 1. The second-order valence-corrected chi connectivity index (χ2v) is 7.65. The molecule has 1 aromatic rings. The first-order valence-corrected chi connectivity index (χ1v) is 9.26. The first-order chi connectivity index (χ1) is 11.8. The van der Waals surface area contributed by atoms with Crippen LogP contribution in [0.2, 0.25) is 0 Å². The van der Waals surface area contributed by atoms with Gasteiger partial charge >= 0.3 is 22.1 Å². The number of methoxy groups -OCH3 is 2. The Balaban J connectivity index is 2.45. The number of piperidine rings is 1. The van der Waals surface area contributed by atoms with Crippen molar-refractivity contribution in [1.82, 2.24) is 4.31 Å². The van der Waals surface area contributed by atoms with Crippen LogP contribution >= 0.6 is 0 Å². The second-order valence-electron chi connectivity index (χ2n) is 5.69. The molecule has 0 spiro atoms. The van der Waals surface area contributed by atoms with Crippen molar-refractivity contribution in [2.75, 3.05) is 38.7 Å². The number of carbonyl (C=O) groups excluding carboxylic acids is 2. The molecule has 138 valence electrons. The molecule has 1 aliphatic rings. The molecular formula is C16H22N2O6S. The number of anilines is 1.